The highest BCUT2D eigenvalue weighted by Gasteiger charge is 2.42. The SMILES string of the molecule is NCCC1(COc2ccccc2C(N)=O)CC1. The van der Waals surface area contributed by atoms with Crippen molar-refractivity contribution in [1.29, 1.82) is 0 Å². The topological polar surface area (TPSA) is 78.3 Å². The molecule has 0 radical (unpaired) electrons. The van der Waals surface area contributed by atoms with Crippen molar-refractivity contribution in [3.8, 4) is 5.75 Å². The van der Waals surface area contributed by atoms with Crippen molar-refractivity contribution in [2.45, 2.75) is 19.3 Å². The molecule has 1 aromatic carbocycles. The maximum atomic E-state index is 11.2. The summed E-state index contributed by atoms with van der Waals surface area (Å²) in [6.45, 7) is 1.30. The van der Waals surface area contributed by atoms with Crippen LogP contribution < -0.4 is 16.2 Å². The van der Waals surface area contributed by atoms with Gasteiger partial charge in [-0.25, -0.2) is 0 Å². The molecule has 0 aliphatic heterocycles. The molecule has 0 spiro atoms. The van der Waals surface area contributed by atoms with E-state index in [1.165, 1.54) is 0 Å². The summed E-state index contributed by atoms with van der Waals surface area (Å²) in [6.07, 6.45) is 3.29. The monoisotopic (exact) mass is 234 g/mol. The normalized spacial score (nSPS) is 16.5. The van der Waals surface area contributed by atoms with Crippen LogP contribution in [0.25, 0.3) is 0 Å². The van der Waals surface area contributed by atoms with Gasteiger partial charge in [0.25, 0.3) is 5.91 Å². The second-order valence-electron chi connectivity index (χ2n) is 4.69. The zero-order valence-corrected chi connectivity index (χ0v) is 9.82. The van der Waals surface area contributed by atoms with Gasteiger partial charge in [-0.1, -0.05) is 12.1 Å². The van der Waals surface area contributed by atoms with E-state index in [2.05, 4.69) is 0 Å². The number of benzene rings is 1. The standard InChI is InChI=1S/C13H18N2O2/c14-8-7-13(5-6-13)9-17-11-4-2-1-3-10(11)12(15)16/h1-4H,5-9,14H2,(H2,15,16). The van der Waals surface area contributed by atoms with Gasteiger partial charge in [0, 0.05) is 5.41 Å². The molecule has 0 heterocycles. The third-order valence-corrected chi connectivity index (χ3v) is 3.32. The van der Waals surface area contributed by atoms with Gasteiger partial charge in [0.1, 0.15) is 5.75 Å². The Hall–Kier alpha value is -1.55. The van der Waals surface area contributed by atoms with Crippen LogP contribution in [0.5, 0.6) is 5.75 Å². The fourth-order valence-electron chi connectivity index (χ4n) is 1.98. The fraction of sp³-hybridized carbons (Fsp3) is 0.462. The average Bonchev–Trinajstić information content (AvgIpc) is 3.08. The van der Waals surface area contributed by atoms with Crippen LogP contribution in [0.4, 0.5) is 0 Å². The van der Waals surface area contributed by atoms with Gasteiger partial charge in [-0.15, -0.1) is 0 Å². The van der Waals surface area contributed by atoms with E-state index in [0.29, 0.717) is 24.5 Å². The van der Waals surface area contributed by atoms with Gasteiger partial charge in [0.05, 0.1) is 12.2 Å². The number of ether oxygens (including phenoxy) is 1. The van der Waals surface area contributed by atoms with E-state index in [1.807, 2.05) is 6.07 Å². The first-order chi connectivity index (χ1) is 8.17. The van der Waals surface area contributed by atoms with Crippen molar-refractivity contribution < 1.29 is 9.53 Å². The van der Waals surface area contributed by atoms with Crippen molar-refractivity contribution in [3.63, 3.8) is 0 Å². The van der Waals surface area contributed by atoms with Gasteiger partial charge in [-0.3, -0.25) is 4.79 Å². The van der Waals surface area contributed by atoms with E-state index in [1.54, 1.807) is 18.2 Å². The molecule has 1 aliphatic carbocycles. The number of hydrogen-bond acceptors (Lipinski definition) is 3. The van der Waals surface area contributed by atoms with Crippen LogP contribution in [-0.4, -0.2) is 19.1 Å². The zero-order chi connectivity index (χ0) is 12.3. The second kappa shape index (κ2) is 4.75. The molecule has 17 heavy (non-hydrogen) atoms. The van der Waals surface area contributed by atoms with Crippen LogP contribution >= 0.6 is 0 Å². The van der Waals surface area contributed by atoms with Crippen molar-refractivity contribution >= 4 is 5.91 Å². The van der Waals surface area contributed by atoms with E-state index in [0.717, 1.165) is 19.3 Å². The number of para-hydroxylation sites is 1. The highest BCUT2D eigenvalue weighted by Crippen LogP contribution is 2.48. The molecule has 4 heteroatoms. The molecule has 4 nitrogen and oxygen atoms in total. The third kappa shape index (κ3) is 2.77. The molecular formula is C13H18N2O2. The Bertz CT molecular complexity index is 414. The molecule has 0 atom stereocenters. The van der Waals surface area contributed by atoms with E-state index in [9.17, 15) is 4.79 Å². The lowest BCUT2D eigenvalue weighted by Crippen LogP contribution is -2.19. The van der Waals surface area contributed by atoms with E-state index in [4.69, 9.17) is 16.2 Å². The lowest BCUT2D eigenvalue weighted by molar-refractivity contribution is 0.0994. The molecule has 1 aliphatic rings. The molecule has 2 rings (SSSR count). The predicted octanol–water partition coefficient (Wildman–Crippen LogP) is 1.29. The summed E-state index contributed by atoms with van der Waals surface area (Å²) in [4.78, 5) is 11.2. The highest BCUT2D eigenvalue weighted by atomic mass is 16.5. The largest absolute Gasteiger partial charge is 0.492 e. The quantitative estimate of drug-likeness (QED) is 0.778. The van der Waals surface area contributed by atoms with Crippen LogP contribution in [0.15, 0.2) is 24.3 Å². The van der Waals surface area contributed by atoms with Crippen molar-refractivity contribution in [3.05, 3.63) is 29.8 Å². The smallest absolute Gasteiger partial charge is 0.252 e. The Labute approximate surface area is 101 Å². The summed E-state index contributed by atoms with van der Waals surface area (Å²) < 4.78 is 5.72. The van der Waals surface area contributed by atoms with Crippen LogP contribution in [-0.2, 0) is 0 Å². The first-order valence-electron chi connectivity index (χ1n) is 5.89. The predicted molar refractivity (Wildman–Crippen MR) is 65.8 cm³/mol. The summed E-state index contributed by atoms with van der Waals surface area (Å²) in [5, 5.41) is 0. The van der Waals surface area contributed by atoms with Crippen LogP contribution in [0.3, 0.4) is 0 Å². The number of rotatable bonds is 6. The minimum atomic E-state index is -0.454. The number of nitrogens with two attached hydrogens (primary N) is 2. The number of hydrogen-bond donors (Lipinski definition) is 2. The van der Waals surface area contributed by atoms with Gasteiger partial charge in [0.15, 0.2) is 0 Å². The summed E-state index contributed by atoms with van der Waals surface area (Å²) in [5.74, 6) is 0.118. The Kier molecular flexibility index (Phi) is 3.33. The maximum absolute atomic E-state index is 11.2. The van der Waals surface area contributed by atoms with Gasteiger partial charge in [0.2, 0.25) is 0 Å². The lowest BCUT2D eigenvalue weighted by Gasteiger charge is -2.16. The van der Waals surface area contributed by atoms with Crippen molar-refractivity contribution in [1.82, 2.24) is 0 Å². The molecule has 0 saturated heterocycles. The highest BCUT2D eigenvalue weighted by molar-refractivity contribution is 5.95. The minimum Gasteiger partial charge on any atom is -0.492 e. The zero-order valence-electron chi connectivity index (χ0n) is 9.82. The first-order valence-corrected chi connectivity index (χ1v) is 5.89. The number of amides is 1. The molecule has 4 N–H and O–H groups in total. The molecule has 0 aromatic heterocycles. The second-order valence-corrected chi connectivity index (χ2v) is 4.69. The molecule has 0 bridgehead atoms. The average molecular weight is 234 g/mol. The maximum Gasteiger partial charge on any atom is 0.252 e. The van der Waals surface area contributed by atoms with E-state index >= 15 is 0 Å². The number of primary amides is 1. The Morgan fingerprint density at radius 1 is 1.35 bits per heavy atom. The van der Waals surface area contributed by atoms with Gasteiger partial charge in [-0.05, 0) is 37.9 Å². The van der Waals surface area contributed by atoms with Crippen molar-refractivity contribution in [2.24, 2.45) is 16.9 Å². The summed E-state index contributed by atoms with van der Waals surface area (Å²) >= 11 is 0. The van der Waals surface area contributed by atoms with E-state index < -0.39 is 5.91 Å². The molecular weight excluding hydrogens is 216 g/mol. The first kappa shape index (κ1) is 11.9. The van der Waals surface area contributed by atoms with Gasteiger partial charge < -0.3 is 16.2 Å². The fourth-order valence-corrected chi connectivity index (χ4v) is 1.98. The summed E-state index contributed by atoms with van der Waals surface area (Å²) in [7, 11) is 0. The van der Waals surface area contributed by atoms with Gasteiger partial charge in [-0.2, -0.15) is 0 Å². The summed E-state index contributed by atoms with van der Waals surface area (Å²) in [5.41, 5.74) is 11.5. The summed E-state index contributed by atoms with van der Waals surface area (Å²) in [6, 6.07) is 7.07. The molecule has 1 fully saturated rings. The lowest BCUT2D eigenvalue weighted by atomic mass is 10.0. The Balaban J connectivity index is 2.02. The molecule has 1 amide bonds. The number of carbonyl (C=O) groups excluding carboxylic acids is 1. The minimum absolute atomic E-state index is 0.236. The molecule has 0 unspecified atom stereocenters. The van der Waals surface area contributed by atoms with E-state index in [-0.39, 0.29) is 5.41 Å². The van der Waals surface area contributed by atoms with Gasteiger partial charge >= 0.3 is 0 Å². The molecule has 1 saturated carbocycles. The number of carbonyl (C=O) groups is 1. The third-order valence-electron chi connectivity index (χ3n) is 3.32. The molecule has 92 valence electrons. The Morgan fingerprint density at radius 2 is 2.06 bits per heavy atom. The molecule has 1 aromatic rings. The van der Waals surface area contributed by atoms with Crippen LogP contribution in [0.2, 0.25) is 0 Å². The Morgan fingerprint density at radius 3 is 2.65 bits per heavy atom. The van der Waals surface area contributed by atoms with Crippen LogP contribution in [0.1, 0.15) is 29.6 Å². The van der Waals surface area contributed by atoms with Crippen LogP contribution in [0, 0.1) is 5.41 Å². The van der Waals surface area contributed by atoms with Crippen molar-refractivity contribution in [2.75, 3.05) is 13.2 Å².